The highest BCUT2D eigenvalue weighted by Crippen LogP contribution is 2.45. The molecule has 0 bridgehead atoms. The van der Waals surface area contributed by atoms with Crippen molar-refractivity contribution in [1.29, 1.82) is 0 Å². The minimum atomic E-state index is -0.183. The summed E-state index contributed by atoms with van der Waals surface area (Å²) in [5.74, 6) is 0. The first-order valence-corrected chi connectivity index (χ1v) is 10.0. The molecule has 0 spiro atoms. The van der Waals surface area contributed by atoms with Gasteiger partial charge in [0.25, 0.3) is 0 Å². The van der Waals surface area contributed by atoms with Gasteiger partial charge in [-0.05, 0) is 57.2 Å². The molecule has 0 fully saturated rings. The highest BCUT2D eigenvalue weighted by atomic mass is 35.5. The number of hydrogen-bond acceptors (Lipinski definition) is 3. The van der Waals surface area contributed by atoms with E-state index in [4.69, 9.17) is 34.7 Å². The van der Waals surface area contributed by atoms with E-state index in [0.29, 0.717) is 21.4 Å². The van der Waals surface area contributed by atoms with Gasteiger partial charge in [0, 0.05) is 10.0 Å². The van der Waals surface area contributed by atoms with E-state index >= 15 is 0 Å². The first-order valence-electron chi connectivity index (χ1n) is 6.71. The van der Waals surface area contributed by atoms with Gasteiger partial charge >= 0.3 is 0 Å². The van der Waals surface area contributed by atoms with Gasteiger partial charge in [-0.15, -0.1) is 0 Å². The van der Waals surface area contributed by atoms with Crippen LogP contribution < -0.4 is 11.5 Å². The van der Waals surface area contributed by atoms with Gasteiger partial charge in [0.2, 0.25) is 0 Å². The number of halogens is 2. The lowest BCUT2D eigenvalue weighted by molar-refractivity contribution is 0.797. The lowest BCUT2D eigenvalue weighted by Gasteiger charge is -2.21. The lowest BCUT2D eigenvalue weighted by atomic mass is 10.3. The van der Waals surface area contributed by atoms with Crippen LogP contribution in [0.5, 0.6) is 0 Å². The zero-order chi connectivity index (χ0) is 16.5. The molecule has 2 aromatic carbocycles. The summed E-state index contributed by atoms with van der Waals surface area (Å²) in [5, 5.41) is 1.29. The third kappa shape index (κ3) is 4.19. The molecule has 0 aliphatic rings. The lowest BCUT2D eigenvalue weighted by Crippen LogP contribution is -2.26. The molecule has 22 heavy (non-hydrogen) atoms. The Hall–Kier alpha value is -0.680. The zero-order valence-electron chi connectivity index (χ0n) is 12.7. The molecule has 1 unspecified atom stereocenters. The average molecular weight is 374 g/mol. The molecule has 118 valence electrons. The molecular formula is C16H19Cl2N2S2+. The van der Waals surface area contributed by atoms with Crippen molar-refractivity contribution in [2.24, 2.45) is 0 Å². The molecule has 2 aromatic rings. The molecule has 0 heterocycles. The number of benzene rings is 2. The highest BCUT2D eigenvalue weighted by Gasteiger charge is 2.41. The summed E-state index contributed by atoms with van der Waals surface area (Å²) in [6, 6.07) is 11.3. The Morgan fingerprint density at radius 2 is 1.45 bits per heavy atom. The summed E-state index contributed by atoms with van der Waals surface area (Å²) in [5.41, 5.74) is 13.7. The van der Waals surface area contributed by atoms with Crippen molar-refractivity contribution >= 4 is 55.3 Å². The summed E-state index contributed by atoms with van der Waals surface area (Å²) >= 11 is 12.0. The molecule has 0 radical (unpaired) electrons. The van der Waals surface area contributed by atoms with Crippen molar-refractivity contribution in [1.82, 2.24) is 0 Å². The molecule has 0 saturated carbocycles. The van der Waals surface area contributed by atoms with Crippen LogP contribution in [0.2, 0.25) is 10.0 Å². The molecule has 2 rings (SSSR count). The fourth-order valence-corrected chi connectivity index (χ4v) is 6.63. The van der Waals surface area contributed by atoms with Crippen molar-refractivity contribution < 1.29 is 0 Å². The Balaban J connectivity index is 2.43. The maximum Gasteiger partial charge on any atom is 0.191 e. The Kier molecular flexibility index (Phi) is 5.49. The van der Waals surface area contributed by atoms with E-state index in [-0.39, 0.29) is 14.7 Å². The van der Waals surface area contributed by atoms with Gasteiger partial charge in [0.15, 0.2) is 4.90 Å². The van der Waals surface area contributed by atoms with Crippen LogP contribution in [0.25, 0.3) is 0 Å². The number of hydrogen-bond donors (Lipinski definition) is 2. The second-order valence-electron chi connectivity index (χ2n) is 5.83. The van der Waals surface area contributed by atoms with Gasteiger partial charge in [-0.3, -0.25) is 0 Å². The molecule has 0 aliphatic carbocycles. The number of nitrogens with two attached hydrogens (primary N) is 2. The number of nitrogen functional groups attached to an aromatic ring is 2. The Bertz CT molecular complexity index is 684. The van der Waals surface area contributed by atoms with Gasteiger partial charge in [-0.1, -0.05) is 23.2 Å². The van der Waals surface area contributed by atoms with Gasteiger partial charge in [-0.25, -0.2) is 0 Å². The molecule has 6 heteroatoms. The van der Waals surface area contributed by atoms with Gasteiger partial charge in [0.1, 0.15) is 25.5 Å². The van der Waals surface area contributed by atoms with Crippen LogP contribution in [0, 0.1) is 0 Å². The molecule has 0 aliphatic heterocycles. The van der Waals surface area contributed by atoms with Crippen LogP contribution in [-0.2, 0) is 9.93 Å². The molecule has 4 N–H and O–H groups in total. The maximum absolute atomic E-state index is 6.19. The molecular weight excluding hydrogens is 355 g/mol. The normalized spacial score (nSPS) is 13.1. The molecule has 0 aromatic heterocycles. The van der Waals surface area contributed by atoms with Crippen LogP contribution in [0.15, 0.2) is 46.2 Å². The van der Waals surface area contributed by atoms with Crippen LogP contribution in [0.4, 0.5) is 11.4 Å². The largest absolute Gasteiger partial charge is 0.398 e. The van der Waals surface area contributed by atoms with Crippen molar-refractivity contribution in [3.05, 3.63) is 46.4 Å². The van der Waals surface area contributed by atoms with E-state index in [1.54, 1.807) is 22.9 Å². The topological polar surface area (TPSA) is 52.0 Å². The summed E-state index contributed by atoms with van der Waals surface area (Å²) in [7, 11) is 1.54. The SMILES string of the molecule is CC(C)(C)[S+](Sc1ccc(Cl)cc1N)c1ccc(Cl)cc1N. The van der Waals surface area contributed by atoms with E-state index in [9.17, 15) is 0 Å². The third-order valence-corrected chi connectivity index (χ3v) is 9.02. The third-order valence-electron chi connectivity index (χ3n) is 2.87. The van der Waals surface area contributed by atoms with E-state index < -0.39 is 0 Å². The van der Waals surface area contributed by atoms with Crippen LogP contribution in [-0.4, -0.2) is 4.75 Å². The van der Waals surface area contributed by atoms with E-state index in [1.807, 2.05) is 24.3 Å². The van der Waals surface area contributed by atoms with Crippen molar-refractivity contribution in [2.45, 2.75) is 35.3 Å². The summed E-state index contributed by atoms with van der Waals surface area (Å²) in [6.07, 6.45) is 0. The second-order valence-corrected chi connectivity index (χ2v) is 11.0. The zero-order valence-corrected chi connectivity index (χ0v) is 15.8. The van der Waals surface area contributed by atoms with Crippen molar-refractivity contribution in [2.75, 3.05) is 11.5 Å². The molecule has 0 amide bonds. The van der Waals surface area contributed by atoms with Gasteiger partial charge in [-0.2, -0.15) is 0 Å². The Morgan fingerprint density at radius 1 is 0.909 bits per heavy atom. The second kappa shape index (κ2) is 6.83. The van der Waals surface area contributed by atoms with E-state index in [2.05, 4.69) is 20.8 Å². The quantitative estimate of drug-likeness (QED) is 0.415. The van der Waals surface area contributed by atoms with E-state index in [1.165, 1.54) is 0 Å². The monoisotopic (exact) mass is 373 g/mol. The minimum Gasteiger partial charge on any atom is -0.398 e. The molecule has 2 nitrogen and oxygen atoms in total. The summed E-state index contributed by atoms with van der Waals surface area (Å²) in [6.45, 7) is 6.59. The van der Waals surface area contributed by atoms with Gasteiger partial charge in [0.05, 0.1) is 16.3 Å². The summed E-state index contributed by atoms with van der Waals surface area (Å²) < 4.78 is 0.0265. The first kappa shape index (κ1) is 17.7. The Morgan fingerprint density at radius 3 is 1.95 bits per heavy atom. The fraction of sp³-hybridized carbons (Fsp3) is 0.250. The summed E-state index contributed by atoms with van der Waals surface area (Å²) in [4.78, 5) is 2.10. The molecule has 0 saturated heterocycles. The Labute approximate surface area is 148 Å². The maximum atomic E-state index is 6.19. The fourth-order valence-electron chi connectivity index (χ4n) is 1.87. The highest BCUT2D eigenvalue weighted by molar-refractivity contribution is 8.74. The van der Waals surface area contributed by atoms with Crippen molar-refractivity contribution in [3.8, 4) is 0 Å². The number of anilines is 2. The average Bonchev–Trinajstić information content (AvgIpc) is 2.37. The van der Waals surface area contributed by atoms with Crippen LogP contribution in [0.3, 0.4) is 0 Å². The van der Waals surface area contributed by atoms with Crippen molar-refractivity contribution in [3.63, 3.8) is 0 Å². The minimum absolute atomic E-state index is 0.0265. The predicted octanol–water partition coefficient (Wildman–Crippen LogP) is 5.64. The first-order chi connectivity index (χ1) is 10.2. The van der Waals surface area contributed by atoms with Crippen LogP contribution >= 0.6 is 34.0 Å². The smallest absolute Gasteiger partial charge is 0.191 e. The number of rotatable bonds is 3. The standard InChI is InChI=1S/C16H19Cl2N2S2/c1-16(2,3)22(15-7-5-11(18)9-13(15)20)21-14-6-4-10(17)8-12(14)19/h4-9H,19-20H2,1-3H3/q+1. The van der Waals surface area contributed by atoms with Gasteiger partial charge < -0.3 is 11.5 Å². The predicted molar refractivity (Wildman–Crippen MR) is 103 cm³/mol. The van der Waals surface area contributed by atoms with E-state index in [0.717, 1.165) is 9.79 Å². The van der Waals surface area contributed by atoms with Crippen LogP contribution in [0.1, 0.15) is 20.8 Å². The molecule has 1 atom stereocenters.